The van der Waals surface area contributed by atoms with E-state index in [-0.39, 0.29) is 11.9 Å². The number of hydrogen-bond donors (Lipinski definition) is 0. The molecular weight excluding hydrogens is 304 g/mol. The number of benzene rings is 2. The first kappa shape index (κ1) is 16.2. The van der Waals surface area contributed by atoms with E-state index in [0.29, 0.717) is 37.2 Å². The van der Waals surface area contributed by atoms with Gasteiger partial charge in [-0.2, -0.15) is 0 Å². The van der Waals surface area contributed by atoms with Crippen LogP contribution in [0.4, 0.5) is 0 Å². The molecule has 124 valence electrons. The van der Waals surface area contributed by atoms with E-state index in [1.165, 1.54) is 0 Å². The third-order valence-electron chi connectivity index (χ3n) is 4.15. The van der Waals surface area contributed by atoms with Crippen molar-refractivity contribution in [3.8, 4) is 11.5 Å². The highest BCUT2D eigenvalue weighted by atomic mass is 16.5. The summed E-state index contributed by atoms with van der Waals surface area (Å²) in [4.78, 5) is 23.8. The molecule has 1 aliphatic rings. The van der Waals surface area contributed by atoms with Crippen LogP contribution in [0.15, 0.2) is 36.4 Å². The summed E-state index contributed by atoms with van der Waals surface area (Å²) in [6.07, 6.45) is 6.03. The molecule has 0 saturated heterocycles. The van der Waals surface area contributed by atoms with E-state index in [1.807, 2.05) is 36.4 Å². The lowest BCUT2D eigenvalue weighted by molar-refractivity contribution is -0.135. The van der Waals surface area contributed by atoms with Crippen LogP contribution in [-0.4, -0.2) is 11.9 Å². The molecule has 0 N–H and O–H groups in total. The first-order valence-corrected chi connectivity index (χ1v) is 8.28. The van der Waals surface area contributed by atoms with Crippen LogP contribution in [0.3, 0.4) is 0 Å². The first-order valence-electron chi connectivity index (χ1n) is 8.28. The van der Waals surface area contributed by atoms with Crippen LogP contribution in [0.25, 0.3) is 10.8 Å². The Morgan fingerprint density at radius 1 is 0.833 bits per heavy atom. The fourth-order valence-electron chi connectivity index (χ4n) is 2.92. The first-order chi connectivity index (χ1) is 11.7. The summed E-state index contributed by atoms with van der Waals surface area (Å²) >= 11 is 0. The minimum atomic E-state index is -0.268. The Morgan fingerprint density at radius 3 is 1.62 bits per heavy atom. The fourth-order valence-corrected chi connectivity index (χ4v) is 2.92. The fraction of sp³-hybridized carbons (Fsp3) is 0.300. The summed E-state index contributed by atoms with van der Waals surface area (Å²) in [5.74, 6) is 0.645. The maximum Gasteiger partial charge on any atom is 0.310 e. The maximum atomic E-state index is 11.9. The van der Waals surface area contributed by atoms with Crippen molar-refractivity contribution in [2.45, 2.75) is 39.5 Å². The van der Waals surface area contributed by atoms with Crippen molar-refractivity contribution in [3.63, 3.8) is 0 Å². The molecule has 0 radical (unpaired) electrons. The summed E-state index contributed by atoms with van der Waals surface area (Å²) < 4.78 is 11.3. The summed E-state index contributed by atoms with van der Waals surface area (Å²) in [5, 5.41) is 1.60. The highest BCUT2D eigenvalue weighted by Gasteiger charge is 2.24. The van der Waals surface area contributed by atoms with Crippen LogP contribution in [0, 0.1) is 0 Å². The van der Waals surface area contributed by atoms with Crippen molar-refractivity contribution in [2.24, 2.45) is 0 Å². The maximum absolute atomic E-state index is 11.9. The molecule has 0 amide bonds. The molecule has 0 spiro atoms. The van der Waals surface area contributed by atoms with Gasteiger partial charge in [0.25, 0.3) is 0 Å². The number of allylic oxidation sites excluding steroid dienone is 2. The van der Waals surface area contributed by atoms with Crippen LogP contribution in [0.5, 0.6) is 11.5 Å². The molecule has 0 saturated carbocycles. The molecule has 0 heterocycles. The topological polar surface area (TPSA) is 52.6 Å². The number of rotatable bonds is 4. The van der Waals surface area contributed by atoms with Gasteiger partial charge in [-0.05, 0) is 12.8 Å². The highest BCUT2D eigenvalue weighted by molar-refractivity contribution is 5.99. The van der Waals surface area contributed by atoms with Crippen molar-refractivity contribution >= 4 is 22.7 Å². The van der Waals surface area contributed by atoms with Gasteiger partial charge in [-0.3, -0.25) is 9.59 Å². The number of carbonyl (C=O) groups is 2. The Hall–Kier alpha value is -2.62. The Kier molecular flexibility index (Phi) is 4.65. The predicted molar refractivity (Wildman–Crippen MR) is 92.3 cm³/mol. The molecule has 2 aromatic rings. The minimum absolute atomic E-state index is 0.268. The van der Waals surface area contributed by atoms with Crippen LogP contribution in [0.1, 0.15) is 37.8 Å². The quantitative estimate of drug-likeness (QED) is 0.482. The number of esters is 2. The van der Waals surface area contributed by atoms with Crippen LogP contribution < -0.4 is 9.47 Å². The van der Waals surface area contributed by atoms with E-state index in [0.717, 1.165) is 21.9 Å². The van der Waals surface area contributed by atoms with Crippen molar-refractivity contribution < 1.29 is 19.1 Å². The summed E-state index contributed by atoms with van der Waals surface area (Å²) in [6.45, 7) is 3.54. The van der Waals surface area contributed by atoms with Crippen LogP contribution >= 0.6 is 0 Å². The second-order valence-electron chi connectivity index (χ2n) is 5.70. The number of hydrogen-bond acceptors (Lipinski definition) is 4. The average molecular weight is 324 g/mol. The zero-order chi connectivity index (χ0) is 17.1. The molecule has 24 heavy (non-hydrogen) atoms. The molecule has 4 heteroatoms. The summed E-state index contributed by atoms with van der Waals surface area (Å²) in [5.41, 5.74) is 1.86. The highest BCUT2D eigenvalue weighted by Crippen LogP contribution is 2.43. The molecule has 4 nitrogen and oxygen atoms in total. The Labute approximate surface area is 141 Å². The Balaban J connectivity index is 2.27. The smallest absolute Gasteiger partial charge is 0.310 e. The van der Waals surface area contributed by atoms with Crippen molar-refractivity contribution in [3.05, 3.63) is 47.5 Å². The molecule has 0 fully saturated rings. The van der Waals surface area contributed by atoms with Gasteiger partial charge in [-0.1, -0.05) is 50.3 Å². The summed E-state index contributed by atoms with van der Waals surface area (Å²) in [7, 11) is 0. The van der Waals surface area contributed by atoms with E-state index in [4.69, 9.17) is 9.47 Å². The lowest BCUT2D eigenvalue weighted by atomic mass is 9.90. The van der Waals surface area contributed by atoms with E-state index in [9.17, 15) is 9.59 Å². The number of ether oxygens (including phenoxy) is 2. The third-order valence-corrected chi connectivity index (χ3v) is 4.15. The van der Waals surface area contributed by atoms with Gasteiger partial charge in [0.15, 0.2) is 0 Å². The predicted octanol–water partition coefficient (Wildman–Crippen LogP) is 4.13. The summed E-state index contributed by atoms with van der Waals surface area (Å²) in [6, 6.07) is 7.58. The van der Waals surface area contributed by atoms with Gasteiger partial charge in [-0.15, -0.1) is 0 Å². The molecule has 0 unspecified atom stereocenters. The van der Waals surface area contributed by atoms with Gasteiger partial charge >= 0.3 is 11.9 Å². The average Bonchev–Trinajstić information content (AvgIpc) is 2.63. The Morgan fingerprint density at radius 2 is 1.25 bits per heavy atom. The number of carbonyl (C=O) groups excluding carboxylic acids is 2. The van der Waals surface area contributed by atoms with Gasteiger partial charge in [0.05, 0.1) is 0 Å². The lowest BCUT2D eigenvalue weighted by Crippen LogP contribution is -2.14. The number of fused-ring (bicyclic) bond motifs is 2. The van der Waals surface area contributed by atoms with Crippen LogP contribution in [0.2, 0.25) is 0 Å². The molecule has 0 atom stereocenters. The SMILES string of the molecule is CCC(=O)Oc1c2c(c(OC(=O)CC)c3ccccc13)CC=CC2. The monoisotopic (exact) mass is 324 g/mol. The van der Waals surface area contributed by atoms with E-state index in [2.05, 4.69) is 0 Å². The zero-order valence-electron chi connectivity index (χ0n) is 13.9. The molecule has 0 bridgehead atoms. The van der Waals surface area contributed by atoms with Gasteiger partial charge in [0, 0.05) is 34.7 Å². The van der Waals surface area contributed by atoms with Crippen molar-refractivity contribution in [2.75, 3.05) is 0 Å². The van der Waals surface area contributed by atoms with E-state index >= 15 is 0 Å². The molecule has 3 rings (SSSR count). The van der Waals surface area contributed by atoms with Gasteiger partial charge in [0.2, 0.25) is 0 Å². The van der Waals surface area contributed by atoms with E-state index < -0.39 is 0 Å². The van der Waals surface area contributed by atoms with Crippen molar-refractivity contribution in [1.29, 1.82) is 0 Å². The second kappa shape index (κ2) is 6.87. The normalized spacial score (nSPS) is 12.8. The molecule has 0 aromatic heterocycles. The second-order valence-corrected chi connectivity index (χ2v) is 5.70. The Bertz CT molecular complexity index is 765. The zero-order valence-corrected chi connectivity index (χ0v) is 13.9. The van der Waals surface area contributed by atoms with Gasteiger partial charge in [0.1, 0.15) is 11.5 Å². The largest absolute Gasteiger partial charge is 0.426 e. The minimum Gasteiger partial charge on any atom is -0.426 e. The van der Waals surface area contributed by atoms with Gasteiger partial charge < -0.3 is 9.47 Å². The molecule has 0 aliphatic heterocycles. The molecular formula is C20H20O4. The van der Waals surface area contributed by atoms with Crippen LogP contribution in [-0.2, 0) is 22.4 Å². The molecule has 2 aromatic carbocycles. The van der Waals surface area contributed by atoms with Crippen molar-refractivity contribution in [1.82, 2.24) is 0 Å². The van der Waals surface area contributed by atoms with Gasteiger partial charge in [-0.25, -0.2) is 0 Å². The molecule has 1 aliphatic carbocycles. The van der Waals surface area contributed by atoms with E-state index in [1.54, 1.807) is 13.8 Å². The lowest BCUT2D eigenvalue weighted by Gasteiger charge is -2.22. The third kappa shape index (κ3) is 2.92. The standard InChI is InChI=1S/C20H20O4/c1-3-17(21)23-19-13-9-5-7-11-15(13)20(24-18(22)4-2)16-12-8-6-10-14(16)19/h5-9,11H,3-4,10,12H2,1-2H3.